The summed E-state index contributed by atoms with van der Waals surface area (Å²) < 4.78 is 40.3. The highest BCUT2D eigenvalue weighted by Gasteiger charge is 2.70. The number of piperidine rings is 1. The minimum absolute atomic E-state index is 0.0499. The number of hydrogen-bond donors (Lipinski definition) is 2. The molecule has 13 heteroatoms. The van der Waals surface area contributed by atoms with E-state index in [1.807, 2.05) is 25.2 Å². The summed E-state index contributed by atoms with van der Waals surface area (Å²) in [6.45, 7) is 8.65. The summed E-state index contributed by atoms with van der Waals surface area (Å²) in [5.74, 6) is -3.92. The van der Waals surface area contributed by atoms with Gasteiger partial charge < -0.3 is 15.5 Å². The van der Waals surface area contributed by atoms with Crippen LogP contribution >= 0.6 is 0 Å². The maximum absolute atomic E-state index is 13.6. The van der Waals surface area contributed by atoms with Gasteiger partial charge in [0, 0.05) is 12.7 Å². The standard InChI is InChI=1S/C24H28F3N7O3/c1-22(2,3)18(31-21(37)24(25,26)27)20(36)33-11-13-16(23(13,4)5)17(33)19(35)30-15(10-28)14-9-12-7-6-8-29-34(12)32-14/h6-9,13,15-18H,11H2,1-5H3,(H,30,35)(H,31,37)/t13-,15?,16-,17-,18?/m0/s1. The van der Waals surface area contributed by atoms with E-state index in [0.29, 0.717) is 5.52 Å². The van der Waals surface area contributed by atoms with Crippen LogP contribution in [0.3, 0.4) is 0 Å². The molecule has 3 heterocycles. The van der Waals surface area contributed by atoms with E-state index in [1.54, 1.807) is 18.2 Å². The largest absolute Gasteiger partial charge is 0.471 e. The third-order valence-electron chi connectivity index (χ3n) is 7.38. The van der Waals surface area contributed by atoms with Crippen molar-refractivity contribution < 1.29 is 27.6 Å². The predicted octanol–water partition coefficient (Wildman–Crippen LogP) is 1.99. The van der Waals surface area contributed by atoms with Gasteiger partial charge in [-0.1, -0.05) is 34.6 Å². The fourth-order valence-electron chi connectivity index (χ4n) is 5.24. The number of fused-ring (bicyclic) bond motifs is 2. The maximum Gasteiger partial charge on any atom is 0.471 e. The normalized spacial score (nSPS) is 24.1. The third kappa shape index (κ3) is 4.72. The number of hydrogen-bond acceptors (Lipinski definition) is 6. The number of alkyl halides is 3. The first kappa shape index (κ1) is 26.4. The fourth-order valence-corrected chi connectivity index (χ4v) is 5.24. The molecule has 1 aliphatic heterocycles. The topological polar surface area (TPSA) is 132 Å². The first-order valence-electron chi connectivity index (χ1n) is 11.8. The highest BCUT2D eigenvalue weighted by Crippen LogP contribution is 2.65. The molecule has 198 valence electrons. The van der Waals surface area contributed by atoms with E-state index in [9.17, 15) is 32.8 Å². The minimum Gasteiger partial charge on any atom is -0.336 e. The lowest BCUT2D eigenvalue weighted by Gasteiger charge is -2.37. The molecule has 2 aromatic rings. The Morgan fingerprint density at radius 1 is 1.22 bits per heavy atom. The van der Waals surface area contributed by atoms with Crippen LogP contribution in [0.2, 0.25) is 0 Å². The van der Waals surface area contributed by atoms with Crippen LogP contribution in [-0.2, 0) is 14.4 Å². The molecule has 2 N–H and O–H groups in total. The summed E-state index contributed by atoms with van der Waals surface area (Å²) in [4.78, 5) is 40.0. The summed E-state index contributed by atoms with van der Waals surface area (Å²) >= 11 is 0. The van der Waals surface area contributed by atoms with Crippen LogP contribution in [0.5, 0.6) is 0 Å². The van der Waals surface area contributed by atoms with Gasteiger partial charge in [-0.15, -0.1) is 0 Å². The molecule has 2 aliphatic rings. The number of amides is 3. The van der Waals surface area contributed by atoms with Crippen LogP contribution < -0.4 is 10.6 Å². The summed E-state index contributed by atoms with van der Waals surface area (Å²) in [5, 5.41) is 22.5. The Morgan fingerprint density at radius 2 is 1.89 bits per heavy atom. The smallest absolute Gasteiger partial charge is 0.336 e. The second kappa shape index (κ2) is 8.71. The number of carbonyl (C=O) groups excluding carboxylic acids is 3. The summed E-state index contributed by atoms with van der Waals surface area (Å²) in [6, 6.07) is 3.34. The van der Waals surface area contributed by atoms with Crippen molar-refractivity contribution >= 4 is 23.2 Å². The number of nitrogens with one attached hydrogen (secondary N) is 2. The van der Waals surface area contributed by atoms with Crippen molar-refractivity contribution in [2.24, 2.45) is 22.7 Å². The van der Waals surface area contributed by atoms with Gasteiger partial charge in [-0.05, 0) is 40.9 Å². The first-order valence-corrected chi connectivity index (χ1v) is 11.8. The highest BCUT2D eigenvalue weighted by molar-refractivity contribution is 5.95. The van der Waals surface area contributed by atoms with Crippen molar-refractivity contribution in [2.45, 2.75) is 58.9 Å². The van der Waals surface area contributed by atoms with Crippen molar-refractivity contribution in [2.75, 3.05) is 6.54 Å². The monoisotopic (exact) mass is 519 g/mol. The van der Waals surface area contributed by atoms with Gasteiger partial charge in [-0.2, -0.15) is 33.3 Å². The van der Waals surface area contributed by atoms with Gasteiger partial charge in [0.15, 0.2) is 6.04 Å². The SMILES string of the molecule is CC(C)(C)C(NC(=O)C(F)(F)F)C(=O)N1C[C@H]2[C@@H]([C@H]1C(=O)NC(C#N)c1cc3cccnn3n1)C2(C)C. The number of aromatic nitrogens is 3. The van der Waals surface area contributed by atoms with E-state index in [1.165, 1.54) is 36.5 Å². The quantitative estimate of drug-likeness (QED) is 0.621. The van der Waals surface area contributed by atoms with Crippen molar-refractivity contribution in [1.82, 2.24) is 30.4 Å². The molecule has 0 aromatic carbocycles. The van der Waals surface area contributed by atoms with E-state index in [4.69, 9.17) is 0 Å². The Kier molecular flexibility index (Phi) is 6.21. The average molecular weight is 520 g/mol. The Hall–Kier alpha value is -3.69. The molecule has 5 atom stereocenters. The van der Waals surface area contributed by atoms with E-state index < -0.39 is 47.4 Å². The lowest BCUT2D eigenvalue weighted by atomic mass is 9.85. The number of rotatable bonds is 5. The van der Waals surface area contributed by atoms with Crippen LogP contribution in [0, 0.1) is 34.0 Å². The lowest BCUT2D eigenvalue weighted by Crippen LogP contribution is -2.60. The number of nitriles is 1. The van der Waals surface area contributed by atoms with Gasteiger partial charge in [0.1, 0.15) is 17.8 Å². The lowest BCUT2D eigenvalue weighted by molar-refractivity contribution is -0.176. The van der Waals surface area contributed by atoms with Gasteiger partial charge in [0.25, 0.3) is 0 Å². The van der Waals surface area contributed by atoms with Gasteiger partial charge in [0.05, 0.1) is 11.6 Å². The molecule has 2 fully saturated rings. The maximum atomic E-state index is 13.6. The molecule has 0 spiro atoms. The minimum atomic E-state index is -5.17. The molecule has 2 unspecified atom stereocenters. The Labute approximate surface area is 211 Å². The molecule has 0 radical (unpaired) electrons. The molecule has 4 rings (SSSR count). The molecule has 37 heavy (non-hydrogen) atoms. The van der Waals surface area contributed by atoms with Crippen LogP contribution in [0.15, 0.2) is 24.4 Å². The van der Waals surface area contributed by atoms with Crippen molar-refractivity contribution in [1.29, 1.82) is 5.26 Å². The van der Waals surface area contributed by atoms with E-state index in [0.717, 1.165) is 0 Å². The zero-order valence-electron chi connectivity index (χ0n) is 21.0. The number of halogens is 3. The summed E-state index contributed by atoms with van der Waals surface area (Å²) in [6.07, 6.45) is -3.65. The zero-order valence-corrected chi connectivity index (χ0v) is 21.0. The molecule has 1 aliphatic carbocycles. The van der Waals surface area contributed by atoms with Crippen molar-refractivity contribution in [3.8, 4) is 6.07 Å². The summed E-state index contributed by atoms with van der Waals surface area (Å²) in [5.41, 5.74) is -0.482. The first-order chi connectivity index (χ1) is 17.1. The third-order valence-corrected chi connectivity index (χ3v) is 7.38. The van der Waals surface area contributed by atoms with Crippen molar-refractivity contribution in [3.63, 3.8) is 0 Å². The van der Waals surface area contributed by atoms with E-state index in [2.05, 4.69) is 15.5 Å². The molecule has 2 aromatic heterocycles. The Morgan fingerprint density at radius 3 is 2.46 bits per heavy atom. The predicted molar refractivity (Wildman–Crippen MR) is 123 cm³/mol. The second-order valence-corrected chi connectivity index (χ2v) is 11.2. The number of likely N-dealkylation sites (tertiary alicyclic amines) is 1. The van der Waals surface area contributed by atoms with Crippen LogP contribution in [-0.4, -0.2) is 62.3 Å². The zero-order chi connectivity index (χ0) is 27.5. The van der Waals surface area contributed by atoms with Crippen LogP contribution in [0.4, 0.5) is 13.2 Å². The van der Waals surface area contributed by atoms with E-state index >= 15 is 0 Å². The van der Waals surface area contributed by atoms with Crippen molar-refractivity contribution in [3.05, 3.63) is 30.1 Å². The van der Waals surface area contributed by atoms with Gasteiger partial charge in [0.2, 0.25) is 11.8 Å². The number of nitrogens with zero attached hydrogens (tertiary/aromatic N) is 5. The fraction of sp³-hybridized carbons (Fsp3) is 0.583. The second-order valence-electron chi connectivity index (χ2n) is 11.2. The van der Waals surface area contributed by atoms with Gasteiger partial charge >= 0.3 is 12.1 Å². The molecule has 10 nitrogen and oxygen atoms in total. The van der Waals surface area contributed by atoms with Gasteiger partial charge in [-0.25, -0.2) is 0 Å². The number of carbonyl (C=O) groups is 3. The van der Waals surface area contributed by atoms with E-state index in [-0.39, 0.29) is 29.5 Å². The van der Waals surface area contributed by atoms with Crippen LogP contribution in [0.25, 0.3) is 5.52 Å². The molecule has 1 saturated heterocycles. The molecule has 1 saturated carbocycles. The van der Waals surface area contributed by atoms with Crippen LogP contribution in [0.1, 0.15) is 46.4 Å². The molecule has 3 amide bonds. The highest BCUT2D eigenvalue weighted by atomic mass is 19.4. The average Bonchev–Trinajstić information content (AvgIpc) is 3.19. The molecular weight excluding hydrogens is 491 g/mol. The Balaban J connectivity index is 1.60. The Bertz CT molecular complexity index is 1260. The molecule has 0 bridgehead atoms. The summed E-state index contributed by atoms with van der Waals surface area (Å²) in [7, 11) is 0. The van der Waals surface area contributed by atoms with Gasteiger partial charge in [-0.3, -0.25) is 14.4 Å². The molecular formula is C24H28F3N7O3.